The van der Waals surface area contributed by atoms with Crippen LogP contribution in [0.25, 0.3) is 11.0 Å². The number of hydrogen-bond acceptors (Lipinski definition) is 6. The summed E-state index contributed by atoms with van der Waals surface area (Å²) in [5.41, 5.74) is 2.26. The van der Waals surface area contributed by atoms with Gasteiger partial charge < -0.3 is 19.2 Å². The molecule has 0 bridgehead atoms. The van der Waals surface area contributed by atoms with Gasteiger partial charge in [-0.1, -0.05) is 43.7 Å². The number of carbonyl (C=O) groups excluding carboxylic acids is 2. The predicted octanol–water partition coefficient (Wildman–Crippen LogP) is 4.66. The summed E-state index contributed by atoms with van der Waals surface area (Å²) in [7, 11) is 0. The first kappa shape index (κ1) is 23.1. The molecule has 0 fully saturated rings. The molecule has 2 aromatic carbocycles. The number of rotatable bonds is 8. The van der Waals surface area contributed by atoms with Crippen LogP contribution in [0.2, 0.25) is 0 Å². The topological polar surface area (TPSA) is 94.8 Å². The van der Waals surface area contributed by atoms with Crippen molar-refractivity contribution in [2.24, 2.45) is 0 Å². The van der Waals surface area contributed by atoms with Crippen molar-refractivity contribution in [2.45, 2.75) is 52.7 Å². The first-order valence-corrected chi connectivity index (χ1v) is 10.6. The van der Waals surface area contributed by atoms with E-state index in [0.717, 1.165) is 35.8 Å². The summed E-state index contributed by atoms with van der Waals surface area (Å²) in [6.45, 7) is 5.41. The van der Waals surface area contributed by atoms with Crippen LogP contribution in [-0.4, -0.2) is 18.1 Å². The number of amides is 1. The maximum Gasteiger partial charge on any atom is 0.408 e. The molecule has 7 nitrogen and oxygen atoms in total. The molecule has 1 N–H and O–H groups in total. The molecule has 0 aliphatic heterocycles. The Morgan fingerprint density at radius 1 is 1.12 bits per heavy atom. The summed E-state index contributed by atoms with van der Waals surface area (Å²) in [6, 6.07) is 13.3. The number of fused-ring (bicyclic) bond motifs is 1. The third kappa shape index (κ3) is 5.75. The summed E-state index contributed by atoms with van der Waals surface area (Å²) >= 11 is 0. The fourth-order valence-electron chi connectivity index (χ4n) is 3.29. The van der Waals surface area contributed by atoms with Crippen molar-refractivity contribution < 1.29 is 23.5 Å². The van der Waals surface area contributed by atoms with Crippen molar-refractivity contribution in [1.82, 2.24) is 5.32 Å². The Kier molecular flexibility index (Phi) is 7.65. The lowest BCUT2D eigenvalue weighted by atomic mass is 10.0. The van der Waals surface area contributed by atoms with Crippen LogP contribution in [-0.2, 0) is 22.6 Å². The van der Waals surface area contributed by atoms with Crippen molar-refractivity contribution >= 4 is 23.0 Å². The first-order valence-electron chi connectivity index (χ1n) is 10.6. The minimum atomic E-state index is -0.934. The van der Waals surface area contributed by atoms with Gasteiger partial charge in [0.2, 0.25) is 0 Å². The van der Waals surface area contributed by atoms with Gasteiger partial charge in [-0.25, -0.2) is 14.4 Å². The quantitative estimate of drug-likeness (QED) is 0.313. The van der Waals surface area contributed by atoms with Gasteiger partial charge in [0.05, 0.1) is 0 Å². The van der Waals surface area contributed by atoms with Crippen LogP contribution in [0.15, 0.2) is 57.7 Å². The zero-order valence-corrected chi connectivity index (χ0v) is 18.5. The summed E-state index contributed by atoms with van der Waals surface area (Å²) in [5, 5.41) is 3.28. The Morgan fingerprint density at radius 2 is 1.88 bits per heavy atom. The van der Waals surface area contributed by atoms with Crippen LogP contribution < -0.4 is 15.7 Å². The van der Waals surface area contributed by atoms with E-state index in [2.05, 4.69) is 12.2 Å². The van der Waals surface area contributed by atoms with Crippen LogP contribution in [0.1, 0.15) is 43.4 Å². The van der Waals surface area contributed by atoms with Gasteiger partial charge >= 0.3 is 17.7 Å². The lowest BCUT2D eigenvalue weighted by Gasteiger charge is -2.15. The van der Waals surface area contributed by atoms with Crippen LogP contribution in [0.5, 0.6) is 5.75 Å². The molecule has 1 amide bonds. The van der Waals surface area contributed by atoms with E-state index in [1.54, 1.807) is 19.1 Å². The summed E-state index contributed by atoms with van der Waals surface area (Å²) in [4.78, 5) is 36.5. The zero-order chi connectivity index (χ0) is 23.1. The molecule has 3 aromatic rings. The van der Waals surface area contributed by atoms with E-state index in [9.17, 15) is 14.4 Å². The lowest BCUT2D eigenvalue weighted by molar-refractivity contribution is -0.136. The van der Waals surface area contributed by atoms with E-state index in [1.807, 2.05) is 30.3 Å². The van der Waals surface area contributed by atoms with Gasteiger partial charge in [0.1, 0.15) is 24.0 Å². The fourth-order valence-corrected chi connectivity index (χ4v) is 3.29. The Morgan fingerprint density at radius 3 is 2.59 bits per heavy atom. The molecule has 0 saturated carbocycles. The molecule has 1 unspecified atom stereocenters. The molecule has 0 aliphatic rings. The standard InChI is InChI=1S/C25H27NO6/c1-4-5-11-19-14-22(27)32-23-16(2)21(13-12-20(19)23)31-24(28)17(3)26-25(29)30-15-18-9-7-6-8-10-18/h6-10,12-14,17H,4-5,11,15H2,1-3H3,(H,26,29). The second-order valence-corrected chi connectivity index (χ2v) is 7.61. The van der Waals surface area contributed by atoms with Crippen molar-refractivity contribution in [3.05, 3.63) is 75.6 Å². The minimum Gasteiger partial charge on any atom is -0.445 e. The molecule has 1 heterocycles. The van der Waals surface area contributed by atoms with Crippen LogP contribution in [0.4, 0.5) is 4.79 Å². The molecule has 7 heteroatoms. The second kappa shape index (κ2) is 10.6. The largest absolute Gasteiger partial charge is 0.445 e. The van der Waals surface area contributed by atoms with Gasteiger partial charge in [-0.3, -0.25) is 0 Å². The van der Waals surface area contributed by atoms with Gasteiger partial charge in [0.25, 0.3) is 0 Å². The molecule has 1 aromatic heterocycles. The molecule has 1 atom stereocenters. The number of ether oxygens (including phenoxy) is 2. The SMILES string of the molecule is CCCCc1cc(=O)oc2c(C)c(OC(=O)C(C)NC(=O)OCc3ccccc3)ccc12. The fraction of sp³-hybridized carbons (Fsp3) is 0.320. The first-order chi connectivity index (χ1) is 15.4. The number of hydrogen-bond donors (Lipinski definition) is 1. The minimum absolute atomic E-state index is 0.0949. The van der Waals surface area contributed by atoms with Crippen molar-refractivity contribution in [3.63, 3.8) is 0 Å². The molecule has 0 spiro atoms. The van der Waals surface area contributed by atoms with E-state index >= 15 is 0 Å². The summed E-state index contributed by atoms with van der Waals surface area (Å²) in [5.74, 6) is -0.391. The normalized spacial score (nSPS) is 11.7. The smallest absolute Gasteiger partial charge is 0.408 e. The monoisotopic (exact) mass is 437 g/mol. The molecule has 168 valence electrons. The third-order valence-electron chi connectivity index (χ3n) is 5.11. The van der Waals surface area contributed by atoms with Crippen LogP contribution in [0, 0.1) is 6.92 Å². The van der Waals surface area contributed by atoms with Crippen molar-refractivity contribution in [3.8, 4) is 5.75 Å². The molecular formula is C25H27NO6. The molecule has 0 saturated heterocycles. The highest BCUT2D eigenvalue weighted by atomic mass is 16.6. The molecule has 0 aliphatic carbocycles. The van der Waals surface area contributed by atoms with E-state index in [0.29, 0.717) is 11.1 Å². The Balaban J connectivity index is 1.67. The third-order valence-corrected chi connectivity index (χ3v) is 5.11. The molecule has 32 heavy (non-hydrogen) atoms. The number of alkyl carbamates (subject to hydrolysis) is 1. The Bertz CT molecular complexity index is 1150. The summed E-state index contributed by atoms with van der Waals surface area (Å²) < 4.78 is 16.0. The van der Waals surface area contributed by atoms with Gasteiger partial charge in [0, 0.05) is 17.0 Å². The number of nitrogens with one attached hydrogen (secondary N) is 1. The highest BCUT2D eigenvalue weighted by molar-refractivity contribution is 5.87. The van der Waals surface area contributed by atoms with E-state index in [-0.39, 0.29) is 12.4 Å². The number of aryl methyl sites for hydroxylation is 2. The van der Waals surface area contributed by atoms with E-state index in [1.165, 1.54) is 13.0 Å². The average Bonchev–Trinajstić information content (AvgIpc) is 2.78. The molecule has 0 radical (unpaired) electrons. The van der Waals surface area contributed by atoms with Gasteiger partial charge in [0.15, 0.2) is 0 Å². The maximum absolute atomic E-state index is 12.5. The van der Waals surface area contributed by atoms with Crippen LogP contribution in [0.3, 0.4) is 0 Å². The maximum atomic E-state index is 12.5. The zero-order valence-electron chi connectivity index (χ0n) is 18.5. The number of esters is 1. The Hall–Kier alpha value is -3.61. The predicted molar refractivity (Wildman–Crippen MR) is 121 cm³/mol. The van der Waals surface area contributed by atoms with E-state index < -0.39 is 23.7 Å². The molecule has 3 rings (SSSR count). The average molecular weight is 437 g/mol. The Labute approximate surface area is 186 Å². The van der Waals surface area contributed by atoms with Gasteiger partial charge in [-0.15, -0.1) is 0 Å². The highest BCUT2D eigenvalue weighted by Crippen LogP contribution is 2.29. The van der Waals surface area contributed by atoms with Crippen molar-refractivity contribution in [2.75, 3.05) is 0 Å². The van der Waals surface area contributed by atoms with Gasteiger partial charge in [-0.2, -0.15) is 0 Å². The van der Waals surface area contributed by atoms with Crippen molar-refractivity contribution in [1.29, 1.82) is 0 Å². The van der Waals surface area contributed by atoms with Crippen LogP contribution >= 0.6 is 0 Å². The number of carbonyl (C=O) groups is 2. The lowest BCUT2D eigenvalue weighted by Crippen LogP contribution is -2.41. The summed E-state index contributed by atoms with van der Waals surface area (Å²) in [6.07, 6.45) is 2.01. The van der Waals surface area contributed by atoms with Gasteiger partial charge in [-0.05, 0) is 49.9 Å². The van der Waals surface area contributed by atoms with E-state index in [4.69, 9.17) is 13.9 Å². The second-order valence-electron chi connectivity index (χ2n) is 7.61. The highest BCUT2D eigenvalue weighted by Gasteiger charge is 2.21. The number of benzene rings is 2. The molecular weight excluding hydrogens is 410 g/mol. The number of unbranched alkanes of at least 4 members (excludes halogenated alkanes) is 1.